The van der Waals surface area contributed by atoms with E-state index in [1.54, 1.807) is 12.1 Å². The molecule has 6 nitrogen and oxygen atoms in total. The first-order chi connectivity index (χ1) is 14.0. The molecule has 0 bridgehead atoms. The maximum Gasteiger partial charge on any atom is 0.337 e. The van der Waals surface area contributed by atoms with Gasteiger partial charge in [-0.3, -0.25) is 4.79 Å². The van der Waals surface area contributed by atoms with Gasteiger partial charge in [0.25, 0.3) is 5.91 Å². The average Bonchev–Trinajstić information content (AvgIpc) is 3.14. The lowest BCUT2D eigenvalue weighted by molar-refractivity contribution is -0.160. The first-order valence-electron chi connectivity index (χ1n) is 10.1. The average molecular weight is 411 g/mol. The second kappa shape index (κ2) is 8.20. The predicted molar refractivity (Wildman–Crippen MR) is 117 cm³/mol. The molecule has 3 N–H and O–H groups in total. The number of nitrogens with one attached hydrogen (secondary N) is 2. The highest BCUT2D eigenvalue weighted by Gasteiger charge is 2.34. The van der Waals surface area contributed by atoms with Crippen LogP contribution < -0.4 is 10.6 Å². The molecule has 1 aliphatic rings. The van der Waals surface area contributed by atoms with Crippen LogP contribution in [0.25, 0.3) is 0 Å². The zero-order valence-electron chi connectivity index (χ0n) is 18.5. The van der Waals surface area contributed by atoms with Crippen molar-refractivity contribution in [3.8, 4) is 0 Å². The first-order valence-corrected chi connectivity index (χ1v) is 10.1. The molecule has 1 atom stereocenters. The van der Waals surface area contributed by atoms with Crippen LogP contribution in [0.3, 0.4) is 0 Å². The lowest BCUT2D eigenvalue weighted by Crippen LogP contribution is -2.29. The van der Waals surface area contributed by atoms with Gasteiger partial charge in [0.2, 0.25) is 0 Å². The molecule has 160 valence electrons. The molecule has 0 aliphatic carbocycles. The molecule has 3 rings (SSSR count). The predicted octanol–water partition coefficient (Wildman–Crippen LogP) is 4.41. The Kier molecular flexibility index (Phi) is 6.01. The first kappa shape index (κ1) is 22.0. The van der Waals surface area contributed by atoms with Gasteiger partial charge in [-0.1, -0.05) is 17.7 Å². The van der Waals surface area contributed by atoms with Crippen LogP contribution >= 0.6 is 0 Å². The maximum atomic E-state index is 13.0. The molecule has 6 heteroatoms. The largest absolute Gasteiger partial charge is 0.479 e. The summed E-state index contributed by atoms with van der Waals surface area (Å²) in [5, 5.41) is 16.3. The van der Waals surface area contributed by atoms with Gasteiger partial charge in [0.1, 0.15) is 0 Å². The minimum absolute atomic E-state index is 0.274. The van der Waals surface area contributed by atoms with E-state index < -0.39 is 17.7 Å². The fraction of sp³-hybridized carbons (Fsp3) is 0.417. The van der Waals surface area contributed by atoms with Crippen molar-refractivity contribution in [2.75, 3.05) is 5.32 Å². The van der Waals surface area contributed by atoms with Crippen LogP contribution in [0.4, 0.5) is 5.69 Å². The summed E-state index contributed by atoms with van der Waals surface area (Å²) in [6.45, 7) is 12.6. The number of benzene rings is 2. The standard InChI is InChI=1S/C24H30N2O4/c1-13-7-9-16(10-8-13)22(27)26-20-15(3)18-12-25-11-17(18)14(2)19(20)21(23(28)29)30-24(4,5)6/h7-10,21,25H,11-12H2,1-6H3,(H,26,27)(H,28,29)/t21-/m0/s1. The minimum Gasteiger partial charge on any atom is -0.479 e. The van der Waals surface area contributed by atoms with Gasteiger partial charge in [-0.15, -0.1) is 0 Å². The number of carboxylic acid groups (broad SMARTS) is 1. The van der Waals surface area contributed by atoms with Crippen molar-refractivity contribution in [3.63, 3.8) is 0 Å². The van der Waals surface area contributed by atoms with Crippen molar-refractivity contribution in [2.24, 2.45) is 0 Å². The number of aryl methyl sites for hydroxylation is 1. The van der Waals surface area contributed by atoms with Crippen LogP contribution in [-0.4, -0.2) is 22.6 Å². The lowest BCUT2D eigenvalue weighted by Gasteiger charge is -2.29. The molecular formula is C24H30N2O4. The van der Waals surface area contributed by atoms with Crippen LogP contribution in [0, 0.1) is 20.8 Å². The molecule has 0 aromatic heterocycles. The Hall–Kier alpha value is -2.70. The van der Waals surface area contributed by atoms with Gasteiger partial charge in [-0.25, -0.2) is 4.79 Å². The summed E-state index contributed by atoms with van der Waals surface area (Å²) in [6.07, 6.45) is -1.19. The number of carbonyl (C=O) groups is 2. The number of anilines is 1. The molecule has 1 heterocycles. The third kappa shape index (κ3) is 4.40. The van der Waals surface area contributed by atoms with Crippen molar-refractivity contribution < 1.29 is 19.4 Å². The number of hydrogen-bond donors (Lipinski definition) is 3. The Morgan fingerprint density at radius 3 is 2.13 bits per heavy atom. The highest BCUT2D eigenvalue weighted by atomic mass is 16.5. The van der Waals surface area contributed by atoms with E-state index in [2.05, 4.69) is 10.6 Å². The van der Waals surface area contributed by atoms with Crippen LogP contribution in [-0.2, 0) is 22.6 Å². The monoisotopic (exact) mass is 410 g/mol. The topological polar surface area (TPSA) is 87.7 Å². The number of rotatable bonds is 5. The summed E-state index contributed by atoms with van der Waals surface area (Å²) in [5.41, 5.74) is 5.86. The summed E-state index contributed by atoms with van der Waals surface area (Å²) >= 11 is 0. The van der Waals surface area contributed by atoms with Crippen LogP contribution in [0.5, 0.6) is 0 Å². The number of fused-ring (bicyclic) bond motifs is 1. The Morgan fingerprint density at radius 2 is 1.60 bits per heavy atom. The van der Waals surface area contributed by atoms with Crippen LogP contribution in [0.2, 0.25) is 0 Å². The van der Waals surface area contributed by atoms with E-state index in [-0.39, 0.29) is 5.91 Å². The lowest BCUT2D eigenvalue weighted by atomic mass is 9.89. The molecule has 1 amide bonds. The van der Waals surface area contributed by atoms with E-state index in [0.717, 1.165) is 27.8 Å². The van der Waals surface area contributed by atoms with Crippen molar-refractivity contribution in [1.29, 1.82) is 0 Å². The number of carbonyl (C=O) groups excluding carboxylic acids is 1. The number of aliphatic carboxylic acids is 1. The van der Waals surface area contributed by atoms with Gasteiger partial charge in [0.15, 0.2) is 6.10 Å². The quantitative estimate of drug-likeness (QED) is 0.680. The number of hydrogen-bond acceptors (Lipinski definition) is 4. The van der Waals surface area contributed by atoms with Crippen molar-refractivity contribution in [2.45, 2.75) is 66.3 Å². The molecule has 1 aliphatic heterocycles. The van der Waals surface area contributed by atoms with E-state index in [1.165, 1.54) is 0 Å². The number of carboxylic acids is 1. The van der Waals surface area contributed by atoms with Gasteiger partial charge >= 0.3 is 5.97 Å². The van der Waals surface area contributed by atoms with Gasteiger partial charge in [0.05, 0.1) is 11.3 Å². The van der Waals surface area contributed by atoms with Crippen molar-refractivity contribution in [1.82, 2.24) is 5.32 Å². The number of ether oxygens (including phenoxy) is 1. The van der Waals surface area contributed by atoms with Gasteiger partial charge in [0, 0.05) is 24.2 Å². The zero-order chi connectivity index (χ0) is 22.2. The normalized spacial score (nSPS) is 14.3. The highest BCUT2D eigenvalue weighted by Crippen LogP contribution is 2.40. The number of amides is 1. The molecule has 2 aromatic rings. The summed E-state index contributed by atoms with van der Waals surface area (Å²) < 4.78 is 5.95. The molecule has 0 saturated heterocycles. The maximum absolute atomic E-state index is 13.0. The Labute approximate surface area is 177 Å². The summed E-state index contributed by atoms with van der Waals surface area (Å²) in [5.74, 6) is -1.35. The molecule has 0 fully saturated rings. The molecule has 0 unspecified atom stereocenters. The summed E-state index contributed by atoms with van der Waals surface area (Å²) in [6, 6.07) is 7.29. The third-order valence-electron chi connectivity index (χ3n) is 5.43. The summed E-state index contributed by atoms with van der Waals surface area (Å²) in [4.78, 5) is 25.2. The second-order valence-electron chi connectivity index (χ2n) is 8.87. The molecule has 30 heavy (non-hydrogen) atoms. The molecule has 0 saturated carbocycles. The minimum atomic E-state index is -1.19. The summed E-state index contributed by atoms with van der Waals surface area (Å²) in [7, 11) is 0. The third-order valence-corrected chi connectivity index (χ3v) is 5.43. The van der Waals surface area contributed by atoms with Crippen molar-refractivity contribution in [3.05, 3.63) is 63.2 Å². The van der Waals surface area contributed by atoms with E-state index in [0.29, 0.717) is 29.9 Å². The molecule has 0 radical (unpaired) electrons. The highest BCUT2D eigenvalue weighted by molar-refractivity contribution is 6.05. The fourth-order valence-corrected chi connectivity index (χ4v) is 3.91. The van der Waals surface area contributed by atoms with Gasteiger partial charge in [-0.2, -0.15) is 0 Å². The fourth-order valence-electron chi connectivity index (χ4n) is 3.91. The molecular weight excluding hydrogens is 380 g/mol. The molecule has 0 spiro atoms. The SMILES string of the molecule is Cc1ccc(C(=O)Nc2c(C)c3c(c(C)c2[C@H](OC(C)(C)C)C(=O)O)CNC3)cc1. The van der Waals surface area contributed by atoms with E-state index in [1.807, 2.05) is 53.7 Å². The Morgan fingerprint density at radius 1 is 1.03 bits per heavy atom. The van der Waals surface area contributed by atoms with Gasteiger partial charge < -0.3 is 20.5 Å². The Balaban J connectivity index is 2.15. The van der Waals surface area contributed by atoms with E-state index in [4.69, 9.17) is 4.74 Å². The zero-order valence-corrected chi connectivity index (χ0v) is 18.5. The van der Waals surface area contributed by atoms with E-state index in [9.17, 15) is 14.7 Å². The van der Waals surface area contributed by atoms with E-state index >= 15 is 0 Å². The van der Waals surface area contributed by atoms with Crippen molar-refractivity contribution >= 4 is 17.6 Å². The molecule has 2 aromatic carbocycles. The van der Waals surface area contributed by atoms with Crippen LogP contribution in [0.15, 0.2) is 24.3 Å². The van der Waals surface area contributed by atoms with Crippen LogP contribution in [0.1, 0.15) is 70.6 Å². The smallest absolute Gasteiger partial charge is 0.337 e. The Bertz CT molecular complexity index is 988. The second-order valence-corrected chi connectivity index (χ2v) is 8.87. The van der Waals surface area contributed by atoms with Gasteiger partial charge in [-0.05, 0) is 75.9 Å².